The van der Waals surface area contributed by atoms with Crippen LogP contribution in [-0.2, 0) is 4.79 Å². The summed E-state index contributed by atoms with van der Waals surface area (Å²) in [6.45, 7) is 2.49. The van der Waals surface area contributed by atoms with Crippen molar-refractivity contribution in [2.24, 2.45) is 5.73 Å². The van der Waals surface area contributed by atoms with Gasteiger partial charge < -0.3 is 15.8 Å². The summed E-state index contributed by atoms with van der Waals surface area (Å²) in [5.74, 6) is -1.89. The molecule has 6 heteroatoms. The van der Waals surface area contributed by atoms with E-state index in [-0.39, 0.29) is 12.4 Å². The number of carbonyl (C=O) groups is 1. The zero-order valence-corrected chi connectivity index (χ0v) is 10.1. The molecule has 1 rings (SSSR count). The Morgan fingerprint density at radius 1 is 1.50 bits per heavy atom. The fourth-order valence-electron chi connectivity index (χ4n) is 1.47. The maximum absolute atomic E-state index is 13.2. The predicted molar refractivity (Wildman–Crippen MR) is 63.1 cm³/mol. The summed E-state index contributed by atoms with van der Waals surface area (Å²) < 4.78 is 31.1. The van der Waals surface area contributed by atoms with Crippen LogP contribution >= 0.6 is 0 Å². The van der Waals surface area contributed by atoms with E-state index >= 15 is 0 Å². The maximum Gasteiger partial charge on any atom is 0.234 e. The average molecular weight is 258 g/mol. The van der Waals surface area contributed by atoms with E-state index in [0.29, 0.717) is 13.0 Å². The minimum atomic E-state index is -0.643. The Balaban J connectivity index is 2.49. The molecule has 3 N–H and O–H groups in total. The Bertz CT molecular complexity index is 413. The van der Waals surface area contributed by atoms with Gasteiger partial charge in [0.15, 0.2) is 11.6 Å². The van der Waals surface area contributed by atoms with Crippen LogP contribution in [0.3, 0.4) is 0 Å². The minimum absolute atomic E-state index is 0.0704. The second-order valence-electron chi connectivity index (χ2n) is 3.72. The number of primary amides is 1. The van der Waals surface area contributed by atoms with Gasteiger partial charge in [0.25, 0.3) is 0 Å². The van der Waals surface area contributed by atoms with Gasteiger partial charge in [0.1, 0.15) is 5.82 Å². The van der Waals surface area contributed by atoms with Crippen molar-refractivity contribution in [3.8, 4) is 5.75 Å². The summed E-state index contributed by atoms with van der Waals surface area (Å²) in [7, 11) is 0. The molecule has 0 aliphatic heterocycles. The van der Waals surface area contributed by atoms with Crippen LogP contribution < -0.4 is 15.8 Å². The zero-order chi connectivity index (χ0) is 13.5. The molecule has 0 fully saturated rings. The van der Waals surface area contributed by atoms with Crippen molar-refractivity contribution >= 4 is 5.91 Å². The molecule has 1 unspecified atom stereocenters. The van der Waals surface area contributed by atoms with Crippen LogP contribution in [0.5, 0.6) is 5.75 Å². The quantitative estimate of drug-likeness (QED) is 0.772. The topological polar surface area (TPSA) is 64.3 Å². The Morgan fingerprint density at radius 2 is 2.22 bits per heavy atom. The minimum Gasteiger partial charge on any atom is -0.490 e. The molecule has 0 bridgehead atoms. The monoisotopic (exact) mass is 258 g/mol. The van der Waals surface area contributed by atoms with Crippen molar-refractivity contribution < 1.29 is 18.3 Å². The molecule has 0 radical (unpaired) electrons. The summed E-state index contributed by atoms with van der Waals surface area (Å²) in [6.07, 6.45) is 0.291. The van der Waals surface area contributed by atoms with E-state index in [1.54, 1.807) is 0 Å². The van der Waals surface area contributed by atoms with Crippen LogP contribution in [0.15, 0.2) is 18.2 Å². The van der Waals surface area contributed by atoms with E-state index in [0.717, 1.165) is 18.2 Å². The second-order valence-corrected chi connectivity index (χ2v) is 3.72. The number of hydrogen-bond acceptors (Lipinski definition) is 3. The largest absolute Gasteiger partial charge is 0.490 e. The lowest BCUT2D eigenvalue weighted by Crippen LogP contribution is -2.42. The van der Waals surface area contributed by atoms with E-state index in [4.69, 9.17) is 10.5 Å². The first-order valence-electron chi connectivity index (χ1n) is 5.65. The normalized spacial score (nSPS) is 12.2. The van der Waals surface area contributed by atoms with Gasteiger partial charge in [-0.1, -0.05) is 6.92 Å². The first kappa shape index (κ1) is 14.4. The van der Waals surface area contributed by atoms with Gasteiger partial charge >= 0.3 is 0 Å². The highest BCUT2D eigenvalue weighted by Gasteiger charge is 2.14. The van der Waals surface area contributed by atoms with Gasteiger partial charge in [-0.25, -0.2) is 8.78 Å². The number of amides is 1. The van der Waals surface area contributed by atoms with Crippen molar-refractivity contribution in [3.63, 3.8) is 0 Å². The molecule has 1 atom stereocenters. The Hall–Kier alpha value is -1.69. The third kappa shape index (κ3) is 4.29. The molecular formula is C12H16F2N2O2. The summed E-state index contributed by atoms with van der Waals surface area (Å²) in [5, 5.41) is 2.87. The fourth-order valence-corrected chi connectivity index (χ4v) is 1.47. The highest BCUT2D eigenvalue weighted by molar-refractivity contribution is 5.79. The van der Waals surface area contributed by atoms with Crippen molar-refractivity contribution in [2.45, 2.75) is 19.4 Å². The van der Waals surface area contributed by atoms with Gasteiger partial charge in [0, 0.05) is 12.5 Å². The lowest BCUT2D eigenvalue weighted by molar-refractivity contribution is -0.120. The summed E-state index contributed by atoms with van der Waals surface area (Å²) in [4.78, 5) is 11.0. The van der Waals surface area contributed by atoms with Crippen LogP contribution in [-0.4, -0.2) is 25.1 Å². The molecule has 0 aliphatic carbocycles. The summed E-state index contributed by atoms with van der Waals surface area (Å²) >= 11 is 0. The molecule has 0 spiro atoms. The van der Waals surface area contributed by atoms with E-state index < -0.39 is 23.6 Å². The number of benzene rings is 1. The fraction of sp³-hybridized carbons (Fsp3) is 0.417. The van der Waals surface area contributed by atoms with Gasteiger partial charge in [-0.15, -0.1) is 0 Å². The standard InChI is InChI=1S/C12H16F2N2O2/c1-2-16-10(12(15)17)5-6-18-11-7-8(13)3-4-9(11)14/h3-4,7,10,16H,2,5-6H2,1H3,(H2,15,17). The number of hydrogen-bond donors (Lipinski definition) is 2. The third-order valence-electron chi connectivity index (χ3n) is 2.35. The summed E-state index contributed by atoms with van der Waals surface area (Å²) in [6, 6.07) is 2.42. The molecule has 1 amide bonds. The number of ether oxygens (including phenoxy) is 1. The highest BCUT2D eigenvalue weighted by atomic mass is 19.1. The molecular weight excluding hydrogens is 242 g/mol. The van der Waals surface area contributed by atoms with E-state index in [1.165, 1.54) is 0 Å². The van der Waals surface area contributed by atoms with Gasteiger partial charge in [0.05, 0.1) is 12.6 Å². The number of nitrogens with two attached hydrogens (primary N) is 1. The van der Waals surface area contributed by atoms with Gasteiger partial charge in [0.2, 0.25) is 5.91 Å². The molecule has 100 valence electrons. The number of halogens is 2. The molecule has 18 heavy (non-hydrogen) atoms. The number of carbonyl (C=O) groups excluding carboxylic acids is 1. The van der Waals surface area contributed by atoms with Gasteiger partial charge in [-0.3, -0.25) is 4.79 Å². The number of rotatable bonds is 7. The number of nitrogens with one attached hydrogen (secondary N) is 1. The average Bonchev–Trinajstić information content (AvgIpc) is 2.32. The highest BCUT2D eigenvalue weighted by Crippen LogP contribution is 2.18. The Kier molecular flexibility index (Phi) is 5.51. The lowest BCUT2D eigenvalue weighted by Gasteiger charge is -2.14. The predicted octanol–water partition coefficient (Wildman–Crippen LogP) is 1.20. The molecule has 0 aliphatic rings. The second kappa shape index (κ2) is 6.90. The molecule has 0 heterocycles. The lowest BCUT2D eigenvalue weighted by atomic mass is 10.2. The van der Waals surface area contributed by atoms with Crippen LogP contribution in [0.4, 0.5) is 8.78 Å². The molecule has 1 aromatic rings. The van der Waals surface area contributed by atoms with Crippen LogP contribution in [0, 0.1) is 11.6 Å². The van der Waals surface area contributed by atoms with E-state index in [9.17, 15) is 13.6 Å². The van der Waals surface area contributed by atoms with Crippen LogP contribution in [0.1, 0.15) is 13.3 Å². The Labute approximate surface area is 104 Å². The van der Waals surface area contributed by atoms with Crippen molar-refractivity contribution in [1.29, 1.82) is 0 Å². The molecule has 4 nitrogen and oxygen atoms in total. The third-order valence-corrected chi connectivity index (χ3v) is 2.35. The molecule has 1 aromatic carbocycles. The van der Waals surface area contributed by atoms with Crippen LogP contribution in [0.25, 0.3) is 0 Å². The van der Waals surface area contributed by atoms with Gasteiger partial charge in [-0.2, -0.15) is 0 Å². The van der Waals surface area contributed by atoms with Crippen molar-refractivity contribution in [3.05, 3.63) is 29.8 Å². The molecule has 0 saturated heterocycles. The number of likely N-dealkylation sites (N-methyl/N-ethyl adjacent to an activating group) is 1. The van der Waals surface area contributed by atoms with Crippen LogP contribution in [0.2, 0.25) is 0 Å². The SMILES string of the molecule is CCNC(CCOc1cc(F)ccc1F)C(N)=O. The zero-order valence-electron chi connectivity index (χ0n) is 10.1. The first-order chi connectivity index (χ1) is 8.54. The van der Waals surface area contributed by atoms with Crippen molar-refractivity contribution in [1.82, 2.24) is 5.32 Å². The van der Waals surface area contributed by atoms with E-state index in [1.807, 2.05) is 6.92 Å². The molecule has 0 aromatic heterocycles. The van der Waals surface area contributed by atoms with E-state index in [2.05, 4.69) is 5.32 Å². The first-order valence-corrected chi connectivity index (χ1v) is 5.65. The maximum atomic E-state index is 13.2. The molecule has 0 saturated carbocycles. The Morgan fingerprint density at radius 3 is 2.83 bits per heavy atom. The van der Waals surface area contributed by atoms with Crippen molar-refractivity contribution in [2.75, 3.05) is 13.2 Å². The van der Waals surface area contributed by atoms with Gasteiger partial charge in [-0.05, 0) is 18.7 Å². The summed E-state index contributed by atoms with van der Waals surface area (Å²) in [5.41, 5.74) is 5.17. The smallest absolute Gasteiger partial charge is 0.234 e.